The minimum absolute atomic E-state index is 0.0335. The summed E-state index contributed by atoms with van der Waals surface area (Å²) in [5, 5.41) is 18.2. The maximum atomic E-state index is 12.0. The van der Waals surface area contributed by atoms with Gasteiger partial charge in [-0.1, -0.05) is 0 Å². The molecule has 0 saturated carbocycles. The van der Waals surface area contributed by atoms with Crippen LogP contribution in [0.4, 0.5) is 5.82 Å². The van der Waals surface area contributed by atoms with Gasteiger partial charge in [0.1, 0.15) is 5.82 Å². The average Bonchev–Trinajstić information content (AvgIpc) is 3.01. The summed E-state index contributed by atoms with van der Waals surface area (Å²) in [7, 11) is 1.83. The Bertz CT molecular complexity index is 597. The second-order valence-corrected chi connectivity index (χ2v) is 5.30. The molecule has 7 nitrogen and oxygen atoms in total. The Kier molecular flexibility index (Phi) is 2.75. The van der Waals surface area contributed by atoms with Gasteiger partial charge in [-0.05, 0) is 6.92 Å². The molecule has 1 aliphatic heterocycles. The van der Waals surface area contributed by atoms with E-state index in [0.717, 1.165) is 28.4 Å². The zero-order valence-electron chi connectivity index (χ0n) is 10.1. The summed E-state index contributed by atoms with van der Waals surface area (Å²) in [6.45, 7) is 1.90. The van der Waals surface area contributed by atoms with Gasteiger partial charge in [-0.3, -0.25) is 15.2 Å². The van der Waals surface area contributed by atoms with E-state index in [1.165, 1.54) is 0 Å². The summed E-state index contributed by atoms with van der Waals surface area (Å²) in [6, 6.07) is -0.134. The molecule has 2 aromatic rings. The zero-order chi connectivity index (χ0) is 12.7. The number of nitrogens with zero attached hydrogens (tertiary/aromatic N) is 3. The maximum Gasteiger partial charge on any atom is 0.243 e. The van der Waals surface area contributed by atoms with Crippen molar-refractivity contribution in [3.8, 4) is 0 Å². The number of amides is 1. The molecule has 1 fully saturated rings. The van der Waals surface area contributed by atoms with Crippen LogP contribution in [0.25, 0.3) is 11.0 Å². The number of carbonyl (C=O) groups excluding carboxylic acids is 1. The molecule has 1 aliphatic rings. The number of hydrogen-bond donors (Lipinski definition) is 3. The van der Waals surface area contributed by atoms with Crippen LogP contribution in [0, 0.1) is 6.92 Å². The number of hydrogen-bond acceptors (Lipinski definition) is 5. The minimum atomic E-state index is -0.134. The van der Waals surface area contributed by atoms with Gasteiger partial charge in [0, 0.05) is 18.7 Å². The molecule has 0 spiro atoms. The summed E-state index contributed by atoms with van der Waals surface area (Å²) in [5.74, 6) is 2.21. The quantitative estimate of drug-likeness (QED) is 0.723. The molecule has 1 amide bonds. The van der Waals surface area contributed by atoms with E-state index in [2.05, 4.69) is 25.9 Å². The molecule has 1 saturated heterocycles. The Morgan fingerprint density at radius 3 is 3.17 bits per heavy atom. The lowest BCUT2D eigenvalue weighted by atomic mass is 10.3. The molecule has 18 heavy (non-hydrogen) atoms. The van der Waals surface area contributed by atoms with Gasteiger partial charge in [-0.15, -0.1) is 11.8 Å². The molecular formula is C10H14N6OS. The van der Waals surface area contributed by atoms with Gasteiger partial charge in [-0.2, -0.15) is 10.2 Å². The van der Waals surface area contributed by atoms with Crippen LogP contribution in [-0.4, -0.2) is 43.6 Å². The molecule has 0 aromatic carbocycles. The Hall–Kier alpha value is -1.54. The molecule has 3 N–H and O–H groups in total. The molecule has 3 rings (SSSR count). The Labute approximate surface area is 108 Å². The lowest BCUT2D eigenvalue weighted by Gasteiger charge is -2.08. The molecule has 3 heterocycles. The maximum absolute atomic E-state index is 12.0. The highest BCUT2D eigenvalue weighted by Crippen LogP contribution is 2.23. The van der Waals surface area contributed by atoms with E-state index in [-0.39, 0.29) is 11.9 Å². The number of anilines is 1. The predicted octanol–water partition coefficient (Wildman–Crippen LogP) is 0.206. The fourth-order valence-corrected chi connectivity index (χ4v) is 3.04. The first-order chi connectivity index (χ1) is 8.66. The van der Waals surface area contributed by atoms with Crippen molar-refractivity contribution in [2.75, 3.05) is 16.9 Å². The lowest BCUT2D eigenvalue weighted by molar-refractivity contribution is -0.117. The highest BCUT2D eigenvalue weighted by Gasteiger charge is 2.24. The van der Waals surface area contributed by atoms with Crippen molar-refractivity contribution in [1.29, 1.82) is 0 Å². The number of fused-ring (bicyclic) bond motifs is 1. The first-order valence-electron chi connectivity index (χ1n) is 5.66. The van der Waals surface area contributed by atoms with Crippen molar-refractivity contribution in [1.82, 2.24) is 25.3 Å². The normalized spacial score (nSPS) is 19.6. The molecular weight excluding hydrogens is 252 g/mol. The summed E-state index contributed by atoms with van der Waals surface area (Å²) in [5.41, 5.74) is 1.60. The number of aromatic nitrogens is 4. The van der Waals surface area contributed by atoms with Crippen LogP contribution in [0.2, 0.25) is 0 Å². The third-order valence-electron chi connectivity index (χ3n) is 3.00. The van der Waals surface area contributed by atoms with Crippen LogP contribution in [0.1, 0.15) is 5.69 Å². The second kappa shape index (κ2) is 4.29. The van der Waals surface area contributed by atoms with Gasteiger partial charge >= 0.3 is 0 Å². The smallest absolute Gasteiger partial charge is 0.243 e. The van der Waals surface area contributed by atoms with Crippen LogP contribution in [0.5, 0.6) is 0 Å². The standard InChI is InChI=1S/C10H14N6OS/c1-5-7-8(13-14-9(7)16(2)15-5)12-10(17)6-3-18-4-11-6/h6,11H,3-4H2,1-2H3,(H2,12,13,14,17). The van der Waals surface area contributed by atoms with Crippen molar-refractivity contribution in [2.45, 2.75) is 13.0 Å². The predicted molar refractivity (Wildman–Crippen MR) is 70.5 cm³/mol. The Balaban J connectivity index is 1.88. The Morgan fingerprint density at radius 2 is 2.44 bits per heavy atom. The molecule has 96 valence electrons. The van der Waals surface area contributed by atoms with Crippen LogP contribution in [0.15, 0.2) is 0 Å². The second-order valence-electron chi connectivity index (χ2n) is 4.27. The number of carbonyl (C=O) groups is 1. The number of rotatable bonds is 2. The molecule has 1 unspecified atom stereocenters. The number of nitrogens with one attached hydrogen (secondary N) is 3. The van der Waals surface area contributed by atoms with Gasteiger partial charge in [0.25, 0.3) is 0 Å². The van der Waals surface area contributed by atoms with E-state index >= 15 is 0 Å². The van der Waals surface area contributed by atoms with Gasteiger partial charge in [0.05, 0.1) is 17.1 Å². The van der Waals surface area contributed by atoms with E-state index in [4.69, 9.17) is 0 Å². The fourth-order valence-electron chi connectivity index (χ4n) is 2.10. The van der Waals surface area contributed by atoms with Gasteiger partial charge < -0.3 is 5.32 Å². The van der Waals surface area contributed by atoms with E-state index < -0.39 is 0 Å². The van der Waals surface area contributed by atoms with Crippen LogP contribution >= 0.6 is 11.8 Å². The van der Waals surface area contributed by atoms with E-state index in [1.54, 1.807) is 16.4 Å². The molecule has 8 heteroatoms. The molecule has 0 aliphatic carbocycles. The summed E-state index contributed by atoms with van der Waals surface area (Å²) < 4.78 is 1.69. The first-order valence-corrected chi connectivity index (χ1v) is 6.82. The Morgan fingerprint density at radius 1 is 1.61 bits per heavy atom. The molecule has 0 radical (unpaired) electrons. The minimum Gasteiger partial charge on any atom is -0.309 e. The molecule has 2 aromatic heterocycles. The van der Waals surface area contributed by atoms with Gasteiger partial charge in [-0.25, -0.2) is 4.68 Å². The van der Waals surface area contributed by atoms with E-state index in [0.29, 0.717) is 5.82 Å². The van der Waals surface area contributed by atoms with Crippen molar-refractivity contribution in [2.24, 2.45) is 7.05 Å². The largest absolute Gasteiger partial charge is 0.309 e. The molecule has 1 atom stereocenters. The van der Waals surface area contributed by atoms with Gasteiger partial charge in [0.15, 0.2) is 5.65 Å². The third-order valence-corrected chi connectivity index (χ3v) is 3.94. The number of thioether (sulfide) groups is 1. The van der Waals surface area contributed by atoms with Crippen molar-refractivity contribution in [3.05, 3.63) is 5.69 Å². The van der Waals surface area contributed by atoms with E-state index in [9.17, 15) is 4.79 Å². The van der Waals surface area contributed by atoms with Crippen molar-refractivity contribution in [3.63, 3.8) is 0 Å². The summed E-state index contributed by atoms with van der Waals surface area (Å²) in [6.07, 6.45) is 0. The van der Waals surface area contributed by atoms with Crippen LogP contribution in [-0.2, 0) is 11.8 Å². The van der Waals surface area contributed by atoms with Gasteiger partial charge in [0.2, 0.25) is 5.91 Å². The SMILES string of the molecule is Cc1nn(C)c2n[nH]c(NC(=O)C3CSCN3)c12. The van der Waals surface area contributed by atoms with Crippen LogP contribution in [0.3, 0.4) is 0 Å². The monoisotopic (exact) mass is 266 g/mol. The van der Waals surface area contributed by atoms with Crippen molar-refractivity contribution < 1.29 is 4.79 Å². The average molecular weight is 266 g/mol. The molecule has 0 bridgehead atoms. The van der Waals surface area contributed by atoms with E-state index in [1.807, 2.05) is 14.0 Å². The highest BCUT2D eigenvalue weighted by atomic mass is 32.2. The summed E-state index contributed by atoms with van der Waals surface area (Å²) in [4.78, 5) is 12.0. The fraction of sp³-hybridized carbons (Fsp3) is 0.500. The third kappa shape index (κ3) is 1.77. The number of aromatic amines is 1. The first kappa shape index (κ1) is 11.5. The number of H-pyrrole nitrogens is 1. The number of aryl methyl sites for hydroxylation is 2. The topological polar surface area (TPSA) is 87.6 Å². The lowest BCUT2D eigenvalue weighted by Crippen LogP contribution is -2.37. The van der Waals surface area contributed by atoms with Crippen LogP contribution < -0.4 is 10.6 Å². The summed E-state index contributed by atoms with van der Waals surface area (Å²) >= 11 is 1.72. The zero-order valence-corrected chi connectivity index (χ0v) is 11.0. The highest BCUT2D eigenvalue weighted by molar-refractivity contribution is 7.99. The van der Waals surface area contributed by atoms with Crippen molar-refractivity contribution >= 4 is 34.5 Å².